The Morgan fingerprint density at radius 2 is 2.06 bits per heavy atom. The van der Waals surface area contributed by atoms with Crippen molar-refractivity contribution < 1.29 is 13.5 Å². The Morgan fingerprint density at radius 3 is 2.67 bits per heavy atom. The molecule has 18 heavy (non-hydrogen) atoms. The lowest BCUT2D eigenvalue weighted by Crippen LogP contribution is -2.55. The zero-order valence-corrected chi connectivity index (χ0v) is 12.2. The first kappa shape index (κ1) is 14.3. The fraction of sp³-hybridized carbons (Fsp3) is 1.00. The SMILES string of the molecule is CC1CNCCC1(O)C1CCCC(S(C)(=O)=O)C1. The second kappa shape index (κ2) is 5.10. The first-order valence-electron chi connectivity index (χ1n) is 6.96. The van der Waals surface area contributed by atoms with Crippen molar-refractivity contribution >= 4 is 9.84 Å². The fourth-order valence-corrected chi connectivity index (χ4v) is 4.80. The maximum atomic E-state index is 11.7. The predicted molar refractivity (Wildman–Crippen MR) is 72.2 cm³/mol. The lowest BCUT2D eigenvalue weighted by atomic mass is 9.68. The van der Waals surface area contributed by atoms with Crippen molar-refractivity contribution in [2.24, 2.45) is 11.8 Å². The van der Waals surface area contributed by atoms with Crippen LogP contribution in [0.4, 0.5) is 0 Å². The summed E-state index contributed by atoms with van der Waals surface area (Å²) in [7, 11) is -2.97. The van der Waals surface area contributed by atoms with E-state index >= 15 is 0 Å². The number of piperidine rings is 1. The maximum absolute atomic E-state index is 11.7. The molecule has 2 N–H and O–H groups in total. The summed E-state index contributed by atoms with van der Waals surface area (Å²) in [5, 5.41) is 14.0. The summed E-state index contributed by atoms with van der Waals surface area (Å²) >= 11 is 0. The highest BCUT2D eigenvalue weighted by Gasteiger charge is 2.45. The number of rotatable bonds is 2. The molecule has 5 heteroatoms. The zero-order chi connectivity index (χ0) is 13.4. The minimum Gasteiger partial charge on any atom is -0.389 e. The van der Waals surface area contributed by atoms with Gasteiger partial charge in [-0.15, -0.1) is 0 Å². The summed E-state index contributed by atoms with van der Waals surface area (Å²) in [6.07, 6.45) is 5.36. The Kier molecular flexibility index (Phi) is 4.04. The molecule has 2 aliphatic rings. The third-order valence-electron chi connectivity index (χ3n) is 4.94. The van der Waals surface area contributed by atoms with Gasteiger partial charge in [-0.05, 0) is 44.1 Å². The third-order valence-corrected chi connectivity index (χ3v) is 6.58. The summed E-state index contributed by atoms with van der Waals surface area (Å²) < 4.78 is 23.4. The molecule has 0 radical (unpaired) electrons. The largest absolute Gasteiger partial charge is 0.389 e. The molecule has 4 unspecified atom stereocenters. The van der Waals surface area contributed by atoms with E-state index in [0.29, 0.717) is 6.42 Å². The Bertz CT molecular complexity index is 395. The Hall–Kier alpha value is -0.130. The Morgan fingerprint density at radius 1 is 1.33 bits per heavy atom. The van der Waals surface area contributed by atoms with Gasteiger partial charge in [0.05, 0.1) is 10.9 Å². The molecule has 4 atom stereocenters. The van der Waals surface area contributed by atoms with Gasteiger partial charge in [0.25, 0.3) is 0 Å². The first-order chi connectivity index (χ1) is 8.34. The summed E-state index contributed by atoms with van der Waals surface area (Å²) in [5.41, 5.74) is -0.672. The molecular formula is C13H25NO3S. The molecule has 0 aromatic rings. The average molecular weight is 275 g/mol. The van der Waals surface area contributed by atoms with Crippen molar-refractivity contribution in [3.63, 3.8) is 0 Å². The molecule has 2 fully saturated rings. The van der Waals surface area contributed by atoms with Gasteiger partial charge < -0.3 is 10.4 Å². The van der Waals surface area contributed by atoms with E-state index in [1.807, 2.05) is 0 Å². The quantitative estimate of drug-likeness (QED) is 0.787. The van der Waals surface area contributed by atoms with E-state index in [9.17, 15) is 13.5 Å². The molecule has 1 saturated carbocycles. The van der Waals surface area contributed by atoms with E-state index < -0.39 is 15.4 Å². The van der Waals surface area contributed by atoms with Gasteiger partial charge in [0.15, 0.2) is 0 Å². The van der Waals surface area contributed by atoms with Crippen LogP contribution >= 0.6 is 0 Å². The highest BCUT2D eigenvalue weighted by atomic mass is 32.2. The molecule has 1 aliphatic heterocycles. The van der Waals surface area contributed by atoms with Crippen LogP contribution < -0.4 is 5.32 Å². The lowest BCUT2D eigenvalue weighted by molar-refractivity contribution is -0.0920. The third kappa shape index (κ3) is 2.73. The van der Waals surface area contributed by atoms with Crippen LogP contribution in [-0.4, -0.2) is 43.7 Å². The van der Waals surface area contributed by atoms with Crippen molar-refractivity contribution in [1.82, 2.24) is 5.32 Å². The molecule has 106 valence electrons. The summed E-state index contributed by atoms with van der Waals surface area (Å²) in [6, 6.07) is 0. The van der Waals surface area contributed by atoms with E-state index in [1.165, 1.54) is 6.26 Å². The highest BCUT2D eigenvalue weighted by molar-refractivity contribution is 7.91. The molecule has 1 heterocycles. The topological polar surface area (TPSA) is 66.4 Å². The summed E-state index contributed by atoms with van der Waals surface area (Å²) in [4.78, 5) is 0. The number of hydrogen-bond acceptors (Lipinski definition) is 4. The number of nitrogens with one attached hydrogen (secondary N) is 1. The van der Waals surface area contributed by atoms with Gasteiger partial charge in [0, 0.05) is 12.8 Å². The summed E-state index contributed by atoms with van der Waals surface area (Å²) in [5.74, 6) is 0.345. The van der Waals surface area contributed by atoms with E-state index in [-0.39, 0.29) is 17.1 Å². The minimum absolute atomic E-state index is 0.142. The van der Waals surface area contributed by atoms with Crippen LogP contribution in [0.5, 0.6) is 0 Å². The molecule has 1 saturated heterocycles. The standard InChI is InChI=1S/C13H25NO3S/c1-10-9-14-7-6-13(10,15)11-4-3-5-12(8-11)18(2,16)17/h10-12,14-15H,3-9H2,1-2H3. The first-order valence-corrected chi connectivity index (χ1v) is 8.91. The normalized spacial score (nSPS) is 42.7. The van der Waals surface area contributed by atoms with Gasteiger partial charge in [-0.2, -0.15) is 0 Å². The second-order valence-corrected chi connectivity index (χ2v) is 8.49. The van der Waals surface area contributed by atoms with E-state index in [2.05, 4.69) is 12.2 Å². The van der Waals surface area contributed by atoms with Crippen LogP contribution in [0, 0.1) is 11.8 Å². The van der Waals surface area contributed by atoms with Crippen LogP contribution in [0.3, 0.4) is 0 Å². The van der Waals surface area contributed by atoms with E-state index in [0.717, 1.165) is 38.8 Å². The average Bonchev–Trinajstić information content (AvgIpc) is 2.32. The highest BCUT2D eigenvalue weighted by Crippen LogP contribution is 2.41. The molecule has 0 spiro atoms. The molecule has 1 aliphatic carbocycles. The van der Waals surface area contributed by atoms with Crippen LogP contribution in [0.15, 0.2) is 0 Å². The molecular weight excluding hydrogens is 250 g/mol. The van der Waals surface area contributed by atoms with Gasteiger partial charge in [-0.3, -0.25) is 0 Å². The van der Waals surface area contributed by atoms with Crippen molar-refractivity contribution in [2.45, 2.75) is 49.9 Å². The number of hydrogen-bond donors (Lipinski definition) is 2. The van der Waals surface area contributed by atoms with E-state index in [4.69, 9.17) is 0 Å². The van der Waals surface area contributed by atoms with Gasteiger partial charge in [0.1, 0.15) is 9.84 Å². The van der Waals surface area contributed by atoms with Gasteiger partial charge in [-0.1, -0.05) is 13.3 Å². The molecule has 0 amide bonds. The van der Waals surface area contributed by atoms with Crippen LogP contribution in [0.25, 0.3) is 0 Å². The monoisotopic (exact) mass is 275 g/mol. The van der Waals surface area contributed by atoms with Crippen LogP contribution in [-0.2, 0) is 9.84 Å². The number of sulfone groups is 1. The zero-order valence-electron chi connectivity index (χ0n) is 11.4. The smallest absolute Gasteiger partial charge is 0.150 e. The van der Waals surface area contributed by atoms with Crippen molar-refractivity contribution in [2.75, 3.05) is 19.3 Å². The van der Waals surface area contributed by atoms with Crippen molar-refractivity contribution in [3.05, 3.63) is 0 Å². The van der Waals surface area contributed by atoms with Gasteiger partial charge in [-0.25, -0.2) is 8.42 Å². The van der Waals surface area contributed by atoms with Crippen molar-refractivity contribution in [3.8, 4) is 0 Å². The Balaban J connectivity index is 2.13. The number of aliphatic hydroxyl groups is 1. The predicted octanol–water partition coefficient (Wildman–Crippen LogP) is 0.950. The molecule has 2 rings (SSSR count). The van der Waals surface area contributed by atoms with Crippen molar-refractivity contribution in [1.29, 1.82) is 0 Å². The van der Waals surface area contributed by atoms with Crippen LogP contribution in [0.1, 0.15) is 39.0 Å². The van der Waals surface area contributed by atoms with Gasteiger partial charge in [0.2, 0.25) is 0 Å². The van der Waals surface area contributed by atoms with Crippen LogP contribution in [0.2, 0.25) is 0 Å². The minimum atomic E-state index is -2.97. The summed E-state index contributed by atoms with van der Waals surface area (Å²) in [6.45, 7) is 3.73. The molecule has 4 nitrogen and oxygen atoms in total. The molecule has 0 aromatic heterocycles. The fourth-order valence-electron chi connectivity index (χ4n) is 3.62. The van der Waals surface area contributed by atoms with E-state index in [1.54, 1.807) is 0 Å². The second-order valence-electron chi connectivity index (χ2n) is 6.16. The Labute approximate surface area is 110 Å². The molecule has 0 aromatic carbocycles. The van der Waals surface area contributed by atoms with Gasteiger partial charge >= 0.3 is 0 Å². The lowest BCUT2D eigenvalue weighted by Gasteiger charge is -2.46. The molecule has 0 bridgehead atoms. The maximum Gasteiger partial charge on any atom is 0.150 e.